The molecule has 0 unspecified atom stereocenters. The Labute approximate surface area is 75.7 Å². The highest BCUT2D eigenvalue weighted by Gasteiger charge is 2.38. The summed E-state index contributed by atoms with van der Waals surface area (Å²) in [6.07, 6.45) is -1.60. The van der Waals surface area contributed by atoms with Gasteiger partial charge in [0.25, 0.3) is 5.92 Å². The van der Waals surface area contributed by atoms with Crippen molar-refractivity contribution in [3.63, 3.8) is 0 Å². The van der Waals surface area contributed by atoms with Crippen LogP contribution in [0.2, 0.25) is 0 Å². The molecule has 1 rings (SSSR count). The Kier molecular flexibility index (Phi) is 3.18. The van der Waals surface area contributed by atoms with Crippen LogP contribution in [-0.4, -0.2) is 42.9 Å². The number of ether oxygens (including phenoxy) is 1. The summed E-state index contributed by atoms with van der Waals surface area (Å²) in [4.78, 5) is 1.39. The van der Waals surface area contributed by atoms with Crippen LogP contribution in [0.3, 0.4) is 0 Å². The molecule has 0 aromatic carbocycles. The number of halogens is 3. The van der Waals surface area contributed by atoms with E-state index in [0.29, 0.717) is 0 Å². The summed E-state index contributed by atoms with van der Waals surface area (Å²) >= 11 is 0. The molecule has 13 heavy (non-hydrogen) atoms. The molecule has 1 saturated heterocycles. The van der Waals surface area contributed by atoms with E-state index in [1.807, 2.05) is 0 Å². The van der Waals surface area contributed by atoms with Crippen molar-refractivity contribution in [3.8, 4) is 0 Å². The van der Waals surface area contributed by atoms with Gasteiger partial charge in [0, 0.05) is 6.04 Å². The van der Waals surface area contributed by atoms with Crippen LogP contribution in [-0.2, 0) is 4.74 Å². The average Bonchev–Trinajstić information content (AvgIpc) is 2.11. The molecule has 1 aliphatic heterocycles. The zero-order valence-corrected chi connectivity index (χ0v) is 7.77. The molecule has 5 heteroatoms. The molecule has 0 aliphatic carbocycles. The van der Waals surface area contributed by atoms with Gasteiger partial charge in [0.15, 0.2) is 0 Å². The lowest BCUT2D eigenvalue weighted by Crippen LogP contribution is -2.41. The largest absolute Gasteiger partial charge is 0.341 e. The molecular weight excluding hydrogens is 183 g/mol. The van der Waals surface area contributed by atoms with Gasteiger partial charge in [-0.05, 0) is 13.8 Å². The van der Waals surface area contributed by atoms with Gasteiger partial charge in [-0.15, -0.1) is 0 Å². The molecule has 0 radical (unpaired) electrons. The van der Waals surface area contributed by atoms with Gasteiger partial charge in [-0.3, -0.25) is 4.90 Å². The Morgan fingerprint density at radius 2 is 2.08 bits per heavy atom. The topological polar surface area (TPSA) is 12.5 Å². The van der Waals surface area contributed by atoms with E-state index in [2.05, 4.69) is 4.74 Å². The van der Waals surface area contributed by atoms with E-state index in [0.717, 1.165) is 0 Å². The molecule has 0 bridgehead atoms. The zero-order chi connectivity index (χ0) is 10.1. The highest BCUT2D eigenvalue weighted by atomic mass is 19.3. The van der Waals surface area contributed by atoms with E-state index < -0.39 is 25.4 Å². The molecule has 0 amide bonds. The Morgan fingerprint density at radius 1 is 1.46 bits per heavy atom. The monoisotopic (exact) mass is 197 g/mol. The minimum atomic E-state index is -2.94. The molecule has 1 aliphatic rings. The molecule has 0 spiro atoms. The van der Waals surface area contributed by atoms with E-state index in [1.54, 1.807) is 13.8 Å². The fourth-order valence-electron chi connectivity index (χ4n) is 1.25. The number of hydrogen-bond donors (Lipinski definition) is 0. The van der Waals surface area contributed by atoms with E-state index in [4.69, 9.17) is 0 Å². The summed E-state index contributed by atoms with van der Waals surface area (Å²) < 4.78 is 43.0. The van der Waals surface area contributed by atoms with Gasteiger partial charge in [-0.2, -0.15) is 0 Å². The van der Waals surface area contributed by atoms with Crippen LogP contribution in [0.4, 0.5) is 13.2 Å². The molecule has 0 aromatic rings. The molecular formula is C8H14F3NO. The lowest BCUT2D eigenvalue weighted by atomic mass is 10.2. The van der Waals surface area contributed by atoms with Crippen molar-refractivity contribution < 1.29 is 17.9 Å². The minimum Gasteiger partial charge on any atom is -0.341 e. The first-order valence-electron chi connectivity index (χ1n) is 4.28. The van der Waals surface area contributed by atoms with Crippen LogP contribution in [0, 0.1) is 0 Å². The summed E-state index contributed by atoms with van der Waals surface area (Å²) in [5.74, 6) is -2.94. The number of nitrogens with zero attached hydrogens (tertiary/aromatic N) is 1. The summed E-state index contributed by atoms with van der Waals surface area (Å²) in [7, 11) is 0. The summed E-state index contributed by atoms with van der Waals surface area (Å²) in [6.45, 7) is 2.19. The predicted octanol–water partition coefficient (Wildman–Crippen LogP) is 1.66. The van der Waals surface area contributed by atoms with Gasteiger partial charge in [0.2, 0.25) is 6.36 Å². The van der Waals surface area contributed by atoms with Gasteiger partial charge in [-0.1, -0.05) is 0 Å². The molecule has 1 heterocycles. The summed E-state index contributed by atoms with van der Waals surface area (Å²) in [6, 6.07) is -0.0918. The third-order valence-corrected chi connectivity index (χ3v) is 2.02. The van der Waals surface area contributed by atoms with Crippen LogP contribution in [0.25, 0.3) is 0 Å². The summed E-state index contributed by atoms with van der Waals surface area (Å²) in [5.41, 5.74) is 0. The van der Waals surface area contributed by atoms with Gasteiger partial charge in [-0.25, -0.2) is 13.2 Å². The van der Waals surface area contributed by atoms with E-state index in [9.17, 15) is 13.2 Å². The van der Waals surface area contributed by atoms with E-state index in [-0.39, 0.29) is 12.6 Å². The molecule has 0 aromatic heterocycles. The molecule has 2 nitrogen and oxygen atoms in total. The second-order valence-electron chi connectivity index (χ2n) is 3.60. The van der Waals surface area contributed by atoms with Gasteiger partial charge < -0.3 is 4.74 Å². The fourth-order valence-corrected chi connectivity index (χ4v) is 1.25. The second-order valence-corrected chi connectivity index (χ2v) is 3.60. The van der Waals surface area contributed by atoms with Crippen molar-refractivity contribution in [2.24, 2.45) is 0 Å². The van der Waals surface area contributed by atoms with Crippen LogP contribution in [0.1, 0.15) is 13.8 Å². The van der Waals surface area contributed by atoms with Crippen molar-refractivity contribution in [1.82, 2.24) is 4.90 Å². The average molecular weight is 197 g/mol. The summed E-state index contributed by atoms with van der Waals surface area (Å²) in [5, 5.41) is 0. The van der Waals surface area contributed by atoms with Crippen molar-refractivity contribution in [2.45, 2.75) is 32.2 Å². The van der Waals surface area contributed by atoms with Gasteiger partial charge >= 0.3 is 0 Å². The number of rotatable bonds is 1. The molecule has 1 fully saturated rings. The predicted molar refractivity (Wildman–Crippen MR) is 42.5 cm³/mol. The number of hydrogen-bond acceptors (Lipinski definition) is 2. The quantitative estimate of drug-likeness (QED) is 0.633. The lowest BCUT2D eigenvalue weighted by molar-refractivity contribution is -0.109. The van der Waals surface area contributed by atoms with Crippen molar-refractivity contribution in [1.29, 1.82) is 0 Å². The maximum Gasteiger partial charge on any atom is 0.283 e. The zero-order valence-electron chi connectivity index (χ0n) is 7.77. The first-order valence-corrected chi connectivity index (χ1v) is 4.28. The third-order valence-electron chi connectivity index (χ3n) is 2.02. The molecule has 0 N–H and O–H groups in total. The first-order chi connectivity index (χ1) is 5.91. The van der Waals surface area contributed by atoms with Gasteiger partial charge in [0.05, 0.1) is 13.1 Å². The number of alkyl halides is 3. The molecule has 0 saturated carbocycles. The Bertz CT molecular complexity index is 175. The third kappa shape index (κ3) is 3.15. The van der Waals surface area contributed by atoms with Crippen molar-refractivity contribution >= 4 is 0 Å². The Balaban J connectivity index is 2.63. The van der Waals surface area contributed by atoms with E-state index in [1.165, 1.54) is 4.90 Å². The maximum absolute atomic E-state index is 12.9. The van der Waals surface area contributed by atoms with E-state index >= 15 is 0 Å². The second kappa shape index (κ2) is 3.84. The van der Waals surface area contributed by atoms with Gasteiger partial charge in [0.1, 0.15) is 6.61 Å². The highest BCUT2D eigenvalue weighted by molar-refractivity contribution is 4.78. The SMILES string of the molecule is CC(C)N1C[C@H](F)OCC(F)(F)C1. The lowest BCUT2D eigenvalue weighted by Gasteiger charge is -2.26. The molecule has 78 valence electrons. The van der Waals surface area contributed by atoms with Crippen LogP contribution >= 0.6 is 0 Å². The van der Waals surface area contributed by atoms with Crippen molar-refractivity contribution in [2.75, 3.05) is 19.7 Å². The molecule has 1 atom stereocenters. The van der Waals surface area contributed by atoms with Crippen molar-refractivity contribution in [3.05, 3.63) is 0 Å². The smallest absolute Gasteiger partial charge is 0.283 e. The Morgan fingerprint density at radius 3 is 2.62 bits per heavy atom. The minimum absolute atomic E-state index is 0.0761. The maximum atomic E-state index is 12.9. The highest BCUT2D eigenvalue weighted by Crippen LogP contribution is 2.22. The standard InChI is InChI=1S/C8H14F3NO/c1-6(2)12-3-7(9)13-5-8(10,11)4-12/h6-7H,3-5H2,1-2H3/t7-/m1/s1. The first kappa shape index (κ1) is 10.8. The van der Waals surface area contributed by atoms with Crippen LogP contribution in [0.5, 0.6) is 0 Å². The van der Waals surface area contributed by atoms with Crippen LogP contribution in [0.15, 0.2) is 0 Å². The Hall–Kier alpha value is -0.290. The van der Waals surface area contributed by atoms with Crippen LogP contribution < -0.4 is 0 Å². The fraction of sp³-hybridized carbons (Fsp3) is 1.00. The normalized spacial score (nSPS) is 30.5.